The average molecular weight is 282 g/mol. The first-order valence-electron chi connectivity index (χ1n) is 4.63. The van der Waals surface area contributed by atoms with Crippen LogP contribution in [0.3, 0.4) is 0 Å². The van der Waals surface area contributed by atoms with E-state index in [9.17, 15) is 26.3 Å². The van der Waals surface area contributed by atoms with Crippen molar-refractivity contribution in [3.63, 3.8) is 0 Å². The van der Waals surface area contributed by atoms with Crippen LogP contribution >= 0.6 is 0 Å². The summed E-state index contributed by atoms with van der Waals surface area (Å²) < 4.78 is 73.6. The van der Waals surface area contributed by atoms with E-state index >= 15 is 0 Å². The van der Waals surface area contributed by atoms with Crippen molar-refractivity contribution in [1.29, 1.82) is 0 Å². The SMILES string of the molecule is Nc1[c]cc(C#CC(O)(C(F)(F)F)C(F)(F)F)cc1. The van der Waals surface area contributed by atoms with E-state index in [2.05, 4.69) is 6.07 Å². The monoisotopic (exact) mass is 282 g/mol. The molecule has 0 heterocycles. The van der Waals surface area contributed by atoms with E-state index in [1.54, 1.807) is 5.92 Å². The molecule has 1 aromatic carbocycles. The number of benzene rings is 1. The molecule has 19 heavy (non-hydrogen) atoms. The minimum absolute atomic E-state index is 0.146. The van der Waals surface area contributed by atoms with Crippen molar-refractivity contribution >= 4 is 5.69 Å². The summed E-state index contributed by atoms with van der Waals surface area (Å²) in [6.45, 7) is 0. The maximum Gasteiger partial charge on any atom is 0.438 e. The molecule has 0 aliphatic carbocycles. The number of halogens is 6. The zero-order valence-electron chi connectivity index (χ0n) is 9.02. The Morgan fingerprint density at radius 3 is 1.95 bits per heavy atom. The van der Waals surface area contributed by atoms with E-state index in [4.69, 9.17) is 10.8 Å². The van der Waals surface area contributed by atoms with Gasteiger partial charge in [0.1, 0.15) is 0 Å². The Kier molecular flexibility index (Phi) is 3.72. The molecular formula is C11H6F6NO. The van der Waals surface area contributed by atoms with Crippen LogP contribution in [0.5, 0.6) is 0 Å². The highest BCUT2D eigenvalue weighted by atomic mass is 19.4. The van der Waals surface area contributed by atoms with Crippen LogP contribution in [0.15, 0.2) is 18.2 Å². The Bertz CT molecular complexity index is 491. The molecule has 2 nitrogen and oxygen atoms in total. The van der Waals surface area contributed by atoms with Gasteiger partial charge in [0.05, 0.1) is 0 Å². The number of nitrogen functional groups attached to an aromatic ring is 1. The van der Waals surface area contributed by atoms with Gasteiger partial charge in [-0.3, -0.25) is 0 Å². The number of hydrogen-bond acceptors (Lipinski definition) is 2. The second-order valence-corrected chi connectivity index (χ2v) is 3.49. The maximum absolute atomic E-state index is 12.3. The van der Waals surface area contributed by atoms with Crippen molar-refractivity contribution in [1.82, 2.24) is 0 Å². The van der Waals surface area contributed by atoms with Crippen molar-refractivity contribution in [2.24, 2.45) is 0 Å². The van der Waals surface area contributed by atoms with Gasteiger partial charge in [-0.15, -0.1) is 0 Å². The van der Waals surface area contributed by atoms with Crippen LogP contribution in [0.25, 0.3) is 0 Å². The molecule has 0 fully saturated rings. The largest absolute Gasteiger partial charge is 0.438 e. The number of alkyl halides is 6. The fourth-order valence-electron chi connectivity index (χ4n) is 0.980. The number of aliphatic hydroxyl groups is 1. The van der Waals surface area contributed by atoms with Crippen LogP contribution in [0.4, 0.5) is 32.0 Å². The zero-order chi connectivity index (χ0) is 14.9. The van der Waals surface area contributed by atoms with Crippen LogP contribution < -0.4 is 5.73 Å². The van der Waals surface area contributed by atoms with Gasteiger partial charge in [0, 0.05) is 17.3 Å². The first-order valence-corrected chi connectivity index (χ1v) is 4.63. The highest BCUT2D eigenvalue weighted by molar-refractivity contribution is 5.44. The summed E-state index contributed by atoms with van der Waals surface area (Å²) >= 11 is 0. The molecule has 3 N–H and O–H groups in total. The molecule has 1 aromatic rings. The lowest BCUT2D eigenvalue weighted by Gasteiger charge is -2.27. The summed E-state index contributed by atoms with van der Waals surface area (Å²) in [5, 5.41) is 8.74. The van der Waals surface area contributed by atoms with Gasteiger partial charge in [0.2, 0.25) is 0 Å². The van der Waals surface area contributed by atoms with E-state index < -0.39 is 18.0 Å². The first kappa shape index (κ1) is 15.2. The Balaban J connectivity index is 3.22. The molecule has 103 valence electrons. The first-order chi connectivity index (χ1) is 8.47. The summed E-state index contributed by atoms with van der Waals surface area (Å²) in [5.74, 6) is 2.41. The van der Waals surface area contributed by atoms with Crippen LogP contribution in [0.1, 0.15) is 5.56 Å². The number of nitrogens with two attached hydrogens (primary N) is 1. The Labute approximate surface area is 103 Å². The molecule has 0 atom stereocenters. The van der Waals surface area contributed by atoms with Crippen LogP contribution in [-0.4, -0.2) is 23.1 Å². The summed E-state index contributed by atoms with van der Waals surface area (Å²) in [4.78, 5) is 0. The summed E-state index contributed by atoms with van der Waals surface area (Å²) in [5.41, 5.74) is 0.104. The van der Waals surface area contributed by atoms with E-state index in [1.165, 1.54) is 6.07 Å². The minimum atomic E-state index is -5.96. The van der Waals surface area contributed by atoms with Crippen LogP contribution in [0, 0.1) is 17.9 Å². The third-order valence-electron chi connectivity index (χ3n) is 2.05. The lowest BCUT2D eigenvalue weighted by molar-refractivity contribution is -0.343. The number of anilines is 1. The molecule has 0 aliphatic heterocycles. The summed E-state index contributed by atoms with van der Waals surface area (Å²) in [6, 6.07) is 5.66. The van der Waals surface area contributed by atoms with Crippen molar-refractivity contribution < 1.29 is 31.4 Å². The summed E-state index contributed by atoms with van der Waals surface area (Å²) in [7, 11) is 0. The molecular weight excluding hydrogens is 276 g/mol. The Hall–Kier alpha value is -1.88. The van der Waals surface area contributed by atoms with Crippen molar-refractivity contribution in [3.05, 3.63) is 29.8 Å². The molecule has 0 unspecified atom stereocenters. The van der Waals surface area contributed by atoms with Gasteiger partial charge in [-0.1, -0.05) is 5.92 Å². The lowest BCUT2D eigenvalue weighted by Crippen LogP contribution is -2.55. The van der Waals surface area contributed by atoms with Gasteiger partial charge in [0.15, 0.2) is 0 Å². The third-order valence-corrected chi connectivity index (χ3v) is 2.05. The third kappa shape index (κ3) is 3.12. The predicted molar refractivity (Wildman–Crippen MR) is 53.6 cm³/mol. The molecule has 1 radical (unpaired) electrons. The maximum atomic E-state index is 12.3. The highest BCUT2D eigenvalue weighted by Gasteiger charge is 2.70. The number of rotatable bonds is 0. The van der Waals surface area contributed by atoms with Crippen LogP contribution in [0.2, 0.25) is 0 Å². The fourth-order valence-corrected chi connectivity index (χ4v) is 0.980. The Morgan fingerprint density at radius 1 is 1.05 bits per heavy atom. The zero-order valence-corrected chi connectivity index (χ0v) is 9.02. The van der Waals surface area contributed by atoms with Crippen molar-refractivity contribution in [2.45, 2.75) is 18.0 Å². The van der Waals surface area contributed by atoms with Gasteiger partial charge in [-0.2, -0.15) is 26.3 Å². The summed E-state index contributed by atoms with van der Waals surface area (Å²) in [6.07, 6.45) is -11.9. The molecule has 0 amide bonds. The van der Waals surface area contributed by atoms with E-state index in [0.717, 1.165) is 18.1 Å². The highest BCUT2D eigenvalue weighted by Crippen LogP contribution is 2.42. The second-order valence-electron chi connectivity index (χ2n) is 3.49. The van der Waals surface area contributed by atoms with E-state index in [1.807, 2.05) is 0 Å². The molecule has 0 bridgehead atoms. The average Bonchev–Trinajstić information content (AvgIpc) is 2.24. The van der Waals surface area contributed by atoms with Gasteiger partial charge >= 0.3 is 18.0 Å². The van der Waals surface area contributed by atoms with Crippen molar-refractivity contribution in [3.8, 4) is 11.8 Å². The molecule has 0 saturated heterocycles. The minimum Gasteiger partial charge on any atom is -0.398 e. The predicted octanol–water partition coefficient (Wildman–Crippen LogP) is 2.28. The number of hydrogen-bond donors (Lipinski definition) is 2. The van der Waals surface area contributed by atoms with Gasteiger partial charge < -0.3 is 10.8 Å². The van der Waals surface area contributed by atoms with Gasteiger partial charge in [-0.25, -0.2) is 0 Å². The molecule has 0 aromatic heterocycles. The molecule has 0 aliphatic rings. The van der Waals surface area contributed by atoms with Crippen LogP contribution in [-0.2, 0) is 0 Å². The lowest BCUT2D eigenvalue weighted by atomic mass is 10.0. The van der Waals surface area contributed by atoms with Crippen molar-refractivity contribution in [2.75, 3.05) is 5.73 Å². The van der Waals surface area contributed by atoms with Gasteiger partial charge in [0.25, 0.3) is 0 Å². The molecule has 0 spiro atoms. The quantitative estimate of drug-likeness (QED) is 0.435. The molecule has 1 rings (SSSR count). The smallest absolute Gasteiger partial charge is 0.398 e. The van der Waals surface area contributed by atoms with E-state index in [-0.39, 0.29) is 11.3 Å². The molecule has 0 saturated carbocycles. The topological polar surface area (TPSA) is 46.2 Å². The standard InChI is InChI=1S/C11H6F6NO/c12-10(13,14)9(19,11(15,16)17)6-5-7-1-3-8(18)4-2-7/h1-3,19H,18H2. The normalized spacial score (nSPS) is 12.8. The molecule has 8 heteroatoms. The fraction of sp³-hybridized carbons (Fsp3) is 0.273. The second kappa shape index (κ2) is 4.66. The van der Waals surface area contributed by atoms with Gasteiger partial charge in [-0.05, 0) is 24.1 Å². The van der Waals surface area contributed by atoms with E-state index in [0.29, 0.717) is 0 Å². The Morgan fingerprint density at radius 2 is 1.58 bits per heavy atom.